The van der Waals surface area contributed by atoms with Crippen molar-refractivity contribution in [3.63, 3.8) is 0 Å². The number of carbonyl (C=O) groups excluding carboxylic acids is 2. The predicted octanol–water partition coefficient (Wildman–Crippen LogP) is 1.71. The summed E-state index contributed by atoms with van der Waals surface area (Å²) in [6.07, 6.45) is 0. The van der Waals surface area contributed by atoms with E-state index in [0.717, 1.165) is 0 Å². The standard InChI is InChI=1S/C17H16ClN3O7/c1-24-13-7-14(25-2)21-17(20-13)19-12(22)8-28-16(23)9-5-10(18)15-11(6-9)26-3-4-27-15/h5-7H,3-4,8H2,1-2H3,(H,19,20,21,22). The van der Waals surface area contributed by atoms with Crippen LogP contribution in [0.3, 0.4) is 0 Å². The van der Waals surface area contributed by atoms with Crippen molar-refractivity contribution >= 4 is 29.4 Å². The highest BCUT2D eigenvalue weighted by molar-refractivity contribution is 6.32. The number of fused-ring (bicyclic) bond motifs is 1. The van der Waals surface area contributed by atoms with Gasteiger partial charge >= 0.3 is 5.97 Å². The van der Waals surface area contributed by atoms with Crippen molar-refractivity contribution in [2.24, 2.45) is 0 Å². The van der Waals surface area contributed by atoms with E-state index in [1.807, 2.05) is 0 Å². The Morgan fingerprint density at radius 3 is 2.46 bits per heavy atom. The van der Waals surface area contributed by atoms with E-state index < -0.39 is 18.5 Å². The number of methoxy groups -OCH3 is 2. The van der Waals surface area contributed by atoms with E-state index in [0.29, 0.717) is 24.7 Å². The number of aromatic nitrogens is 2. The molecule has 0 saturated heterocycles. The zero-order chi connectivity index (χ0) is 20.1. The Morgan fingerprint density at radius 2 is 1.79 bits per heavy atom. The molecule has 0 spiro atoms. The normalized spacial score (nSPS) is 12.1. The first-order valence-electron chi connectivity index (χ1n) is 8.03. The average molecular weight is 410 g/mol. The number of amides is 1. The van der Waals surface area contributed by atoms with Gasteiger partial charge in [-0.3, -0.25) is 10.1 Å². The minimum Gasteiger partial charge on any atom is -0.486 e. The van der Waals surface area contributed by atoms with Crippen LogP contribution < -0.4 is 24.3 Å². The first-order valence-corrected chi connectivity index (χ1v) is 8.41. The fourth-order valence-electron chi connectivity index (χ4n) is 2.27. The zero-order valence-corrected chi connectivity index (χ0v) is 15.7. The Balaban J connectivity index is 1.62. The highest BCUT2D eigenvalue weighted by Gasteiger charge is 2.20. The summed E-state index contributed by atoms with van der Waals surface area (Å²) in [5.41, 5.74) is 0.126. The summed E-state index contributed by atoms with van der Waals surface area (Å²) in [6, 6.07) is 4.27. The van der Waals surface area contributed by atoms with Gasteiger partial charge in [0.2, 0.25) is 17.7 Å². The number of benzene rings is 1. The number of nitrogens with zero attached hydrogens (tertiary/aromatic N) is 2. The van der Waals surface area contributed by atoms with E-state index in [4.69, 9.17) is 35.3 Å². The second-order valence-corrected chi connectivity index (χ2v) is 5.79. The van der Waals surface area contributed by atoms with Gasteiger partial charge in [0.25, 0.3) is 5.91 Å². The molecule has 2 heterocycles. The summed E-state index contributed by atoms with van der Waals surface area (Å²) in [4.78, 5) is 32.1. The highest BCUT2D eigenvalue weighted by atomic mass is 35.5. The number of rotatable bonds is 6. The monoisotopic (exact) mass is 409 g/mol. The number of anilines is 1. The fourth-order valence-corrected chi connectivity index (χ4v) is 2.54. The van der Waals surface area contributed by atoms with Crippen molar-refractivity contribution in [3.8, 4) is 23.3 Å². The lowest BCUT2D eigenvalue weighted by Gasteiger charge is -2.19. The van der Waals surface area contributed by atoms with Crippen LogP contribution in [0, 0.1) is 0 Å². The third-order valence-corrected chi connectivity index (χ3v) is 3.80. The SMILES string of the molecule is COc1cc(OC)nc(NC(=O)COC(=O)c2cc(Cl)c3c(c2)OCCO3)n1. The highest BCUT2D eigenvalue weighted by Crippen LogP contribution is 2.38. The molecule has 10 nitrogen and oxygen atoms in total. The number of halogens is 1. The Morgan fingerprint density at radius 1 is 1.11 bits per heavy atom. The maximum Gasteiger partial charge on any atom is 0.338 e. The molecule has 1 aromatic carbocycles. The van der Waals surface area contributed by atoms with Gasteiger partial charge in [-0.2, -0.15) is 9.97 Å². The number of esters is 1. The van der Waals surface area contributed by atoms with Gasteiger partial charge < -0.3 is 23.7 Å². The van der Waals surface area contributed by atoms with Crippen LogP contribution in [-0.2, 0) is 9.53 Å². The molecule has 3 rings (SSSR count). The molecule has 1 aromatic heterocycles. The predicted molar refractivity (Wildman–Crippen MR) is 96.5 cm³/mol. The van der Waals surface area contributed by atoms with Crippen LogP contribution in [0.2, 0.25) is 5.02 Å². The Hall–Kier alpha value is -3.27. The topological polar surface area (TPSA) is 118 Å². The van der Waals surface area contributed by atoms with Crippen LogP contribution in [0.25, 0.3) is 0 Å². The van der Waals surface area contributed by atoms with Crippen LogP contribution in [0.4, 0.5) is 5.95 Å². The summed E-state index contributed by atoms with van der Waals surface area (Å²) in [7, 11) is 2.82. The molecule has 0 saturated carbocycles. The van der Waals surface area contributed by atoms with E-state index in [1.165, 1.54) is 32.4 Å². The summed E-state index contributed by atoms with van der Waals surface area (Å²) in [5.74, 6) is -0.349. The molecule has 1 amide bonds. The minimum atomic E-state index is -0.752. The molecule has 0 bridgehead atoms. The molecule has 1 aliphatic rings. The van der Waals surface area contributed by atoms with Gasteiger partial charge in [-0.05, 0) is 12.1 Å². The van der Waals surface area contributed by atoms with Crippen molar-refractivity contribution in [1.82, 2.24) is 9.97 Å². The molecule has 0 atom stereocenters. The quantitative estimate of drug-likeness (QED) is 0.711. The van der Waals surface area contributed by atoms with Gasteiger partial charge in [0.05, 0.1) is 30.9 Å². The van der Waals surface area contributed by atoms with Crippen LogP contribution in [0.1, 0.15) is 10.4 Å². The van der Waals surface area contributed by atoms with E-state index in [2.05, 4.69) is 15.3 Å². The molecular weight excluding hydrogens is 394 g/mol. The van der Waals surface area contributed by atoms with Gasteiger partial charge in [0.1, 0.15) is 13.2 Å². The van der Waals surface area contributed by atoms with Crippen molar-refractivity contribution in [2.45, 2.75) is 0 Å². The summed E-state index contributed by atoms with van der Waals surface area (Å²) >= 11 is 6.09. The van der Waals surface area contributed by atoms with Crippen LogP contribution >= 0.6 is 11.6 Å². The van der Waals surface area contributed by atoms with Crippen LogP contribution in [0.15, 0.2) is 18.2 Å². The van der Waals surface area contributed by atoms with Crippen molar-refractivity contribution in [2.75, 3.05) is 39.4 Å². The number of carbonyl (C=O) groups is 2. The van der Waals surface area contributed by atoms with Gasteiger partial charge in [-0.1, -0.05) is 11.6 Å². The lowest BCUT2D eigenvalue weighted by Crippen LogP contribution is -2.22. The van der Waals surface area contributed by atoms with E-state index in [-0.39, 0.29) is 28.3 Å². The molecule has 1 aliphatic heterocycles. The molecule has 0 fully saturated rings. The molecule has 1 N–H and O–H groups in total. The fraction of sp³-hybridized carbons (Fsp3) is 0.294. The van der Waals surface area contributed by atoms with Gasteiger partial charge in [0, 0.05) is 0 Å². The number of hydrogen-bond donors (Lipinski definition) is 1. The third kappa shape index (κ3) is 4.52. The molecule has 11 heteroatoms. The molecule has 0 radical (unpaired) electrons. The Kier molecular flexibility index (Phi) is 5.99. The maximum atomic E-state index is 12.2. The van der Waals surface area contributed by atoms with Crippen molar-refractivity contribution in [3.05, 3.63) is 28.8 Å². The van der Waals surface area contributed by atoms with E-state index >= 15 is 0 Å². The first kappa shape index (κ1) is 19.5. The maximum absolute atomic E-state index is 12.2. The molecular formula is C17H16ClN3O7. The van der Waals surface area contributed by atoms with Crippen LogP contribution in [0.5, 0.6) is 23.3 Å². The van der Waals surface area contributed by atoms with Crippen molar-refractivity contribution < 1.29 is 33.3 Å². The van der Waals surface area contributed by atoms with Crippen LogP contribution in [-0.4, -0.2) is 55.9 Å². The summed E-state index contributed by atoms with van der Waals surface area (Å²) in [5, 5.41) is 2.60. The first-order chi connectivity index (χ1) is 13.5. The molecule has 2 aromatic rings. The summed E-state index contributed by atoms with van der Waals surface area (Å²) in [6.45, 7) is 0.149. The molecule has 148 valence electrons. The molecule has 0 aliphatic carbocycles. The minimum absolute atomic E-state index is 0.0559. The third-order valence-electron chi connectivity index (χ3n) is 3.52. The molecule has 28 heavy (non-hydrogen) atoms. The zero-order valence-electron chi connectivity index (χ0n) is 15.0. The average Bonchev–Trinajstić information content (AvgIpc) is 2.71. The lowest BCUT2D eigenvalue weighted by atomic mass is 10.2. The second-order valence-electron chi connectivity index (χ2n) is 5.38. The smallest absolute Gasteiger partial charge is 0.338 e. The van der Waals surface area contributed by atoms with Gasteiger partial charge in [-0.15, -0.1) is 0 Å². The van der Waals surface area contributed by atoms with Gasteiger partial charge in [0.15, 0.2) is 18.1 Å². The Labute approximate surface area is 164 Å². The Bertz CT molecular complexity index is 884. The van der Waals surface area contributed by atoms with E-state index in [1.54, 1.807) is 0 Å². The largest absolute Gasteiger partial charge is 0.486 e. The number of nitrogens with one attached hydrogen (secondary N) is 1. The molecule has 0 unspecified atom stereocenters. The number of hydrogen-bond acceptors (Lipinski definition) is 9. The lowest BCUT2D eigenvalue weighted by molar-refractivity contribution is -0.119. The van der Waals surface area contributed by atoms with Gasteiger partial charge in [-0.25, -0.2) is 4.79 Å². The second kappa shape index (κ2) is 8.61. The number of ether oxygens (including phenoxy) is 5. The van der Waals surface area contributed by atoms with Crippen molar-refractivity contribution in [1.29, 1.82) is 0 Å². The summed E-state index contributed by atoms with van der Waals surface area (Å²) < 4.78 is 25.8. The van der Waals surface area contributed by atoms with E-state index in [9.17, 15) is 9.59 Å².